The zero-order valence-corrected chi connectivity index (χ0v) is 21.2. The highest BCUT2D eigenvalue weighted by Crippen LogP contribution is 2.36. The van der Waals surface area contributed by atoms with E-state index in [2.05, 4.69) is 22.1 Å². The van der Waals surface area contributed by atoms with Gasteiger partial charge in [0, 0.05) is 19.6 Å². The lowest BCUT2D eigenvalue weighted by Crippen LogP contribution is -2.28. The molecule has 1 aliphatic rings. The molecule has 0 spiro atoms. The Hall–Kier alpha value is -2.37. The summed E-state index contributed by atoms with van der Waals surface area (Å²) >= 11 is 0.898. The van der Waals surface area contributed by atoms with Crippen molar-refractivity contribution in [3.05, 3.63) is 53.7 Å². The number of alkyl halides is 3. The number of nitrogens with zero attached hydrogens (tertiary/aromatic N) is 2. The van der Waals surface area contributed by atoms with Gasteiger partial charge in [-0.2, -0.15) is 18.3 Å². The van der Waals surface area contributed by atoms with Gasteiger partial charge in [-0.25, -0.2) is 8.42 Å². The second-order valence-corrected chi connectivity index (χ2v) is 12.1. The lowest BCUT2D eigenvalue weighted by Gasteiger charge is -2.19. The Morgan fingerprint density at radius 3 is 2.57 bits per heavy atom. The average Bonchev–Trinajstić information content (AvgIpc) is 3.53. The summed E-state index contributed by atoms with van der Waals surface area (Å²) in [5.74, 6) is 0.755. The monoisotopic (exact) mass is 526 g/mol. The van der Waals surface area contributed by atoms with E-state index in [1.807, 2.05) is 12.1 Å². The summed E-state index contributed by atoms with van der Waals surface area (Å²) in [6.45, 7) is 2.68. The van der Waals surface area contributed by atoms with Crippen molar-refractivity contribution in [1.29, 1.82) is 0 Å². The van der Waals surface area contributed by atoms with Crippen LogP contribution in [0.4, 0.5) is 18.9 Å². The van der Waals surface area contributed by atoms with Crippen LogP contribution in [0.1, 0.15) is 50.3 Å². The molecular formula is C24H29F3N4O2S2. The van der Waals surface area contributed by atoms with Crippen molar-refractivity contribution in [2.45, 2.75) is 62.0 Å². The number of hydrogen-bond acceptors (Lipinski definition) is 5. The van der Waals surface area contributed by atoms with Crippen LogP contribution < -0.4 is 10.0 Å². The Balaban J connectivity index is 1.46. The van der Waals surface area contributed by atoms with E-state index in [0.29, 0.717) is 23.2 Å². The predicted octanol–water partition coefficient (Wildman–Crippen LogP) is 6.03. The maximum Gasteiger partial charge on any atom is 0.435 e. The molecule has 1 aromatic carbocycles. The predicted molar refractivity (Wildman–Crippen MR) is 132 cm³/mol. The van der Waals surface area contributed by atoms with Crippen LogP contribution in [-0.2, 0) is 29.8 Å². The van der Waals surface area contributed by atoms with E-state index in [1.165, 1.54) is 44.9 Å². The molecule has 0 bridgehead atoms. The quantitative estimate of drug-likeness (QED) is 0.357. The van der Waals surface area contributed by atoms with Crippen LogP contribution in [0, 0.1) is 5.92 Å². The van der Waals surface area contributed by atoms with Crippen molar-refractivity contribution in [2.24, 2.45) is 13.0 Å². The van der Waals surface area contributed by atoms with Crippen LogP contribution >= 0.6 is 11.3 Å². The number of hydrogen-bond donors (Lipinski definition) is 2. The molecule has 2 heterocycles. The standard InChI is InChI=1S/C24H29F3N4O2S2/c1-16(13-17-7-3-4-8-17)28-15-18-9-5-6-10-19(18)30-35(32,33)23-12-11-21(34-23)20-14-22(24(25,26)27)29-31(20)2/h5-6,9-12,14,16-17,28,30H,3-4,7-8,13,15H2,1-2H3/t16-/m0/s1. The first kappa shape index (κ1) is 25.7. The molecule has 0 saturated heterocycles. The van der Waals surface area contributed by atoms with Gasteiger partial charge in [0.25, 0.3) is 10.0 Å². The lowest BCUT2D eigenvalue weighted by molar-refractivity contribution is -0.141. The number of halogens is 3. The first-order chi connectivity index (χ1) is 16.5. The Labute approximate surface area is 207 Å². The van der Waals surface area contributed by atoms with Crippen molar-refractivity contribution in [3.8, 4) is 10.6 Å². The second-order valence-electron chi connectivity index (χ2n) is 9.09. The molecule has 0 aliphatic heterocycles. The van der Waals surface area contributed by atoms with Gasteiger partial charge < -0.3 is 5.32 Å². The number of aryl methyl sites for hydroxylation is 1. The molecule has 1 atom stereocenters. The molecule has 1 fully saturated rings. The summed E-state index contributed by atoms with van der Waals surface area (Å²) < 4.78 is 69.0. The molecule has 190 valence electrons. The van der Waals surface area contributed by atoms with Crippen LogP contribution in [-0.4, -0.2) is 24.2 Å². The minimum Gasteiger partial charge on any atom is -0.310 e. The van der Waals surface area contributed by atoms with E-state index in [0.717, 1.165) is 40.0 Å². The fraction of sp³-hybridized carbons (Fsp3) is 0.458. The summed E-state index contributed by atoms with van der Waals surface area (Å²) in [6.07, 6.45) is 1.70. The molecule has 1 aliphatic carbocycles. The minimum atomic E-state index is -4.57. The number of thiophene rings is 1. The van der Waals surface area contributed by atoms with E-state index >= 15 is 0 Å². The fourth-order valence-electron chi connectivity index (χ4n) is 4.52. The third kappa shape index (κ3) is 6.25. The first-order valence-electron chi connectivity index (χ1n) is 11.6. The average molecular weight is 527 g/mol. The Kier molecular flexibility index (Phi) is 7.58. The molecule has 0 radical (unpaired) electrons. The fourth-order valence-corrected chi connectivity index (χ4v) is 6.98. The van der Waals surface area contributed by atoms with Gasteiger partial charge in [0.05, 0.1) is 16.3 Å². The zero-order chi connectivity index (χ0) is 25.2. The van der Waals surface area contributed by atoms with Gasteiger partial charge in [-0.15, -0.1) is 11.3 Å². The minimum absolute atomic E-state index is 0.0135. The van der Waals surface area contributed by atoms with E-state index in [-0.39, 0.29) is 9.90 Å². The molecule has 6 nitrogen and oxygen atoms in total. The third-order valence-corrected chi connectivity index (χ3v) is 9.30. The largest absolute Gasteiger partial charge is 0.435 e. The van der Waals surface area contributed by atoms with Gasteiger partial charge in [0.15, 0.2) is 5.69 Å². The highest BCUT2D eigenvalue weighted by molar-refractivity contribution is 7.94. The molecule has 1 saturated carbocycles. The highest BCUT2D eigenvalue weighted by atomic mass is 32.2. The van der Waals surface area contributed by atoms with Gasteiger partial charge in [-0.1, -0.05) is 43.9 Å². The topological polar surface area (TPSA) is 76.0 Å². The summed E-state index contributed by atoms with van der Waals surface area (Å²) in [5, 5.41) is 7.01. The molecule has 2 aromatic heterocycles. The van der Waals surface area contributed by atoms with Crippen molar-refractivity contribution in [1.82, 2.24) is 15.1 Å². The Morgan fingerprint density at radius 1 is 1.17 bits per heavy atom. The van der Waals surface area contributed by atoms with Gasteiger partial charge in [-0.3, -0.25) is 9.40 Å². The number of para-hydroxylation sites is 1. The van der Waals surface area contributed by atoms with Gasteiger partial charge >= 0.3 is 6.18 Å². The van der Waals surface area contributed by atoms with Crippen LogP contribution in [0.15, 0.2) is 46.7 Å². The van der Waals surface area contributed by atoms with Gasteiger partial charge in [-0.05, 0) is 49.1 Å². The Bertz CT molecular complexity index is 1260. The van der Waals surface area contributed by atoms with Crippen molar-refractivity contribution < 1.29 is 21.6 Å². The zero-order valence-electron chi connectivity index (χ0n) is 19.6. The van der Waals surface area contributed by atoms with Crippen LogP contribution in [0.25, 0.3) is 10.6 Å². The van der Waals surface area contributed by atoms with Gasteiger partial charge in [0.2, 0.25) is 0 Å². The number of aromatic nitrogens is 2. The highest BCUT2D eigenvalue weighted by Gasteiger charge is 2.35. The first-order valence-corrected chi connectivity index (χ1v) is 13.9. The maximum atomic E-state index is 13.1. The van der Waals surface area contributed by atoms with E-state index in [4.69, 9.17) is 0 Å². The summed E-state index contributed by atoms with van der Waals surface area (Å²) in [6, 6.07) is 11.3. The third-order valence-electron chi connectivity index (χ3n) is 6.33. The van der Waals surface area contributed by atoms with Crippen LogP contribution in [0.5, 0.6) is 0 Å². The molecule has 11 heteroatoms. The molecule has 3 aromatic rings. The van der Waals surface area contributed by atoms with E-state index in [1.54, 1.807) is 12.1 Å². The number of sulfonamides is 1. The summed E-state index contributed by atoms with van der Waals surface area (Å²) in [4.78, 5) is 0.381. The van der Waals surface area contributed by atoms with Crippen LogP contribution in [0.2, 0.25) is 0 Å². The normalized spacial score (nSPS) is 16.0. The summed E-state index contributed by atoms with van der Waals surface area (Å²) in [7, 11) is -2.53. The molecule has 2 N–H and O–H groups in total. The van der Waals surface area contributed by atoms with E-state index in [9.17, 15) is 21.6 Å². The van der Waals surface area contributed by atoms with Crippen molar-refractivity contribution >= 4 is 27.0 Å². The van der Waals surface area contributed by atoms with E-state index < -0.39 is 21.9 Å². The summed E-state index contributed by atoms with van der Waals surface area (Å²) in [5.41, 5.74) is 0.481. The lowest BCUT2D eigenvalue weighted by atomic mass is 9.99. The molecule has 35 heavy (non-hydrogen) atoms. The molecule has 0 amide bonds. The number of benzene rings is 1. The molecular weight excluding hydrogens is 497 g/mol. The number of nitrogens with one attached hydrogen (secondary N) is 2. The Morgan fingerprint density at radius 2 is 1.89 bits per heavy atom. The second kappa shape index (κ2) is 10.3. The van der Waals surface area contributed by atoms with Crippen LogP contribution in [0.3, 0.4) is 0 Å². The number of rotatable bonds is 9. The van der Waals surface area contributed by atoms with Crippen molar-refractivity contribution in [3.63, 3.8) is 0 Å². The number of anilines is 1. The molecule has 0 unspecified atom stereocenters. The molecule has 4 rings (SSSR count). The maximum absolute atomic E-state index is 13.1. The SMILES string of the molecule is C[C@@H](CC1CCCC1)NCc1ccccc1NS(=O)(=O)c1ccc(-c2cc(C(F)(F)F)nn2C)s1. The van der Waals surface area contributed by atoms with Crippen molar-refractivity contribution in [2.75, 3.05) is 4.72 Å². The van der Waals surface area contributed by atoms with Gasteiger partial charge in [0.1, 0.15) is 4.21 Å². The smallest absolute Gasteiger partial charge is 0.310 e.